The number of thioether (sulfide) groups is 1. The number of ether oxygens (including phenoxy) is 1. The molecule has 2 N–H and O–H groups in total. The molecule has 0 aliphatic heterocycles. The predicted octanol–water partition coefficient (Wildman–Crippen LogP) is 3.32. The van der Waals surface area contributed by atoms with Crippen LogP contribution in [0.15, 0.2) is 15.7 Å². The van der Waals surface area contributed by atoms with Crippen molar-refractivity contribution in [3.8, 4) is 0 Å². The fourth-order valence-electron chi connectivity index (χ4n) is 1.11. The van der Waals surface area contributed by atoms with Crippen molar-refractivity contribution in [3.05, 3.63) is 17.0 Å². The maximum Gasteiger partial charge on any atom is 0.413 e. The summed E-state index contributed by atoms with van der Waals surface area (Å²) in [7, 11) is 0. The Kier molecular flexibility index (Phi) is 4.59. The lowest BCUT2D eigenvalue weighted by atomic mass is 10.2. The predicted molar refractivity (Wildman–Crippen MR) is 72.3 cm³/mol. The van der Waals surface area contributed by atoms with E-state index in [1.54, 1.807) is 43.9 Å². The molecule has 0 aromatic carbocycles. The lowest BCUT2D eigenvalue weighted by Crippen LogP contribution is -2.36. The molecule has 0 atom stereocenters. The van der Waals surface area contributed by atoms with E-state index < -0.39 is 11.7 Å². The van der Waals surface area contributed by atoms with Crippen molar-refractivity contribution < 1.29 is 9.53 Å². The van der Waals surface area contributed by atoms with E-state index in [0.717, 1.165) is 9.77 Å². The van der Waals surface area contributed by atoms with E-state index >= 15 is 0 Å². The molecule has 17 heavy (non-hydrogen) atoms. The van der Waals surface area contributed by atoms with E-state index in [9.17, 15) is 4.79 Å². The van der Waals surface area contributed by atoms with Crippen molar-refractivity contribution in [3.63, 3.8) is 0 Å². The minimum atomic E-state index is -0.597. The summed E-state index contributed by atoms with van der Waals surface area (Å²) in [6.07, 6.45) is 1.34. The molecular weight excluding hydrogens is 256 g/mol. The molecule has 0 radical (unpaired) electrons. The van der Waals surface area contributed by atoms with Crippen LogP contribution in [0.3, 0.4) is 0 Å². The molecule has 0 unspecified atom stereocenters. The number of hydrogen-bond acceptors (Lipinski definition) is 5. The summed E-state index contributed by atoms with van der Waals surface area (Å²) in [6.45, 7) is 5.36. The lowest BCUT2D eigenvalue weighted by molar-refractivity contribution is 0.0563. The Morgan fingerprint density at radius 3 is 2.71 bits per heavy atom. The van der Waals surface area contributed by atoms with Crippen LogP contribution in [-0.2, 0) is 4.74 Å². The van der Waals surface area contributed by atoms with Crippen molar-refractivity contribution in [1.29, 1.82) is 5.41 Å². The first kappa shape index (κ1) is 14.1. The van der Waals surface area contributed by atoms with E-state index in [1.807, 2.05) is 17.7 Å². The second-order valence-electron chi connectivity index (χ2n) is 4.33. The van der Waals surface area contributed by atoms with E-state index in [-0.39, 0.29) is 5.84 Å². The van der Waals surface area contributed by atoms with Crippen molar-refractivity contribution >= 4 is 35.0 Å². The SMILES string of the molecule is CSc1sccc1C(=N)NC(=O)OC(C)(C)C. The summed E-state index contributed by atoms with van der Waals surface area (Å²) >= 11 is 3.10. The van der Waals surface area contributed by atoms with Gasteiger partial charge in [-0.3, -0.25) is 10.7 Å². The summed E-state index contributed by atoms with van der Waals surface area (Å²) in [5.41, 5.74) is 0.176. The van der Waals surface area contributed by atoms with Crippen LogP contribution in [0.2, 0.25) is 0 Å². The number of alkyl carbamates (subject to hydrolysis) is 1. The Hall–Kier alpha value is -1.01. The van der Waals surface area contributed by atoms with Gasteiger partial charge >= 0.3 is 6.09 Å². The molecule has 0 saturated carbocycles. The number of thiophene rings is 1. The van der Waals surface area contributed by atoms with Crippen molar-refractivity contribution in [1.82, 2.24) is 5.32 Å². The van der Waals surface area contributed by atoms with Gasteiger partial charge in [0.1, 0.15) is 11.4 Å². The third kappa shape index (κ3) is 4.40. The van der Waals surface area contributed by atoms with Gasteiger partial charge in [-0.05, 0) is 38.5 Å². The smallest absolute Gasteiger partial charge is 0.413 e. The number of nitrogens with one attached hydrogen (secondary N) is 2. The third-order valence-electron chi connectivity index (χ3n) is 1.71. The summed E-state index contributed by atoms with van der Waals surface area (Å²) in [4.78, 5) is 11.5. The Morgan fingerprint density at radius 1 is 1.53 bits per heavy atom. The standard InChI is InChI=1S/C11H16N2O2S2/c1-11(2,3)15-10(14)13-8(12)7-5-6-17-9(7)16-4/h5-6H,1-4H3,(H2,12,13,14). The van der Waals surface area contributed by atoms with Crippen LogP contribution < -0.4 is 5.32 Å². The molecule has 0 aliphatic rings. The van der Waals surface area contributed by atoms with Gasteiger partial charge < -0.3 is 4.74 Å². The third-order valence-corrected chi connectivity index (χ3v) is 3.80. The molecule has 0 saturated heterocycles. The van der Waals surface area contributed by atoms with Crippen molar-refractivity contribution in [2.45, 2.75) is 30.6 Å². The lowest BCUT2D eigenvalue weighted by Gasteiger charge is -2.19. The van der Waals surface area contributed by atoms with Crippen LogP contribution in [0.1, 0.15) is 26.3 Å². The minimum absolute atomic E-state index is 0.0739. The molecule has 1 amide bonds. The topological polar surface area (TPSA) is 62.2 Å². The summed E-state index contributed by atoms with van der Waals surface area (Å²) in [5.74, 6) is 0.0739. The van der Waals surface area contributed by atoms with E-state index in [0.29, 0.717) is 0 Å². The first-order valence-electron chi connectivity index (χ1n) is 5.04. The molecular formula is C11H16N2O2S2. The molecule has 0 fully saturated rings. The molecule has 1 heterocycles. The van der Waals surface area contributed by atoms with Gasteiger partial charge in [-0.15, -0.1) is 23.1 Å². The zero-order valence-corrected chi connectivity index (χ0v) is 11.9. The molecule has 6 heteroatoms. The molecule has 94 valence electrons. The number of carbonyl (C=O) groups excluding carboxylic acids is 1. The number of amidine groups is 1. The zero-order valence-electron chi connectivity index (χ0n) is 10.3. The van der Waals surface area contributed by atoms with Crippen LogP contribution >= 0.6 is 23.1 Å². The van der Waals surface area contributed by atoms with Crippen molar-refractivity contribution in [2.75, 3.05) is 6.26 Å². The van der Waals surface area contributed by atoms with E-state index in [4.69, 9.17) is 10.1 Å². The number of amides is 1. The van der Waals surface area contributed by atoms with Gasteiger partial charge in [-0.1, -0.05) is 0 Å². The van der Waals surface area contributed by atoms with Crippen molar-refractivity contribution in [2.24, 2.45) is 0 Å². The van der Waals surface area contributed by atoms with Gasteiger partial charge in [0.05, 0.1) is 4.21 Å². The van der Waals surface area contributed by atoms with Gasteiger partial charge in [0.2, 0.25) is 0 Å². The fraction of sp³-hybridized carbons (Fsp3) is 0.455. The Bertz CT molecular complexity index is 421. The molecule has 1 rings (SSSR count). The molecule has 0 bridgehead atoms. The molecule has 0 spiro atoms. The minimum Gasteiger partial charge on any atom is -0.444 e. The molecule has 1 aromatic rings. The highest BCUT2D eigenvalue weighted by Crippen LogP contribution is 2.26. The van der Waals surface area contributed by atoms with Crippen LogP contribution in [0.25, 0.3) is 0 Å². The quantitative estimate of drug-likeness (QED) is 0.493. The van der Waals surface area contributed by atoms with Crippen LogP contribution in [-0.4, -0.2) is 23.8 Å². The highest BCUT2D eigenvalue weighted by molar-refractivity contribution is 8.00. The van der Waals surface area contributed by atoms with Crippen LogP contribution in [0.5, 0.6) is 0 Å². The first-order valence-corrected chi connectivity index (χ1v) is 7.14. The zero-order chi connectivity index (χ0) is 13.1. The van der Waals surface area contributed by atoms with Gasteiger partial charge in [0, 0.05) is 5.56 Å². The maximum atomic E-state index is 11.5. The van der Waals surface area contributed by atoms with Gasteiger partial charge in [0.25, 0.3) is 0 Å². The first-order chi connectivity index (χ1) is 7.83. The molecule has 0 aliphatic carbocycles. The van der Waals surface area contributed by atoms with Crippen LogP contribution in [0.4, 0.5) is 4.79 Å². The van der Waals surface area contributed by atoms with Gasteiger partial charge in [-0.2, -0.15) is 0 Å². The summed E-state index contributed by atoms with van der Waals surface area (Å²) < 4.78 is 6.09. The monoisotopic (exact) mass is 272 g/mol. The maximum absolute atomic E-state index is 11.5. The van der Waals surface area contributed by atoms with Gasteiger partial charge in [-0.25, -0.2) is 4.79 Å². The average Bonchev–Trinajstić information content (AvgIpc) is 2.61. The normalized spacial score (nSPS) is 11.1. The van der Waals surface area contributed by atoms with E-state index in [1.165, 1.54) is 0 Å². The second kappa shape index (κ2) is 5.55. The average molecular weight is 272 g/mol. The highest BCUT2D eigenvalue weighted by atomic mass is 32.2. The van der Waals surface area contributed by atoms with Crippen LogP contribution in [0, 0.1) is 5.41 Å². The Morgan fingerprint density at radius 2 is 2.18 bits per heavy atom. The summed E-state index contributed by atoms with van der Waals surface area (Å²) in [5, 5.41) is 12.1. The molecule has 1 aromatic heterocycles. The Labute approximate surface area is 109 Å². The fourth-order valence-corrected chi connectivity index (χ4v) is 2.68. The highest BCUT2D eigenvalue weighted by Gasteiger charge is 2.18. The molecule has 4 nitrogen and oxygen atoms in total. The number of hydrogen-bond donors (Lipinski definition) is 2. The Balaban J connectivity index is 2.64. The van der Waals surface area contributed by atoms with E-state index in [2.05, 4.69) is 5.32 Å². The van der Waals surface area contributed by atoms with Gasteiger partial charge in [0.15, 0.2) is 0 Å². The largest absolute Gasteiger partial charge is 0.444 e. The number of rotatable bonds is 2. The number of carbonyl (C=O) groups is 1. The second-order valence-corrected chi connectivity index (χ2v) is 6.32. The summed E-state index contributed by atoms with van der Waals surface area (Å²) in [6, 6.07) is 1.82.